The lowest BCUT2D eigenvalue weighted by atomic mass is 10.0. The highest BCUT2D eigenvalue weighted by Gasteiger charge is 2.31. The molecule has 6 nitrogen and oxygen atoms in total. The van der Waals surface area contributed by atoms with Crippen LogP contribution in [-0.2, 0) is 23.9 Å². The fourth-order valence-electron chi connectivity index (χ4n) is 3.20. The van der Waals surface area contributed by atoms with E-state index >= 15 is 0 Å². The van der Waals surface area contributed by atoms with E-state index in [1.54, 1.807) is 6.07 Å². The number of nitrogens with one attached hydrogen (secondary N) is 1. The van der Waals surface area contributed by atoms with Gasteiger partial charge in [0, 0.05) is 12.6 Å². The van der Waals surface area contributed by atoms with Crippen molar-refractivity contribution in [1.82, 2.24) is 19.9 Å². The third kappa shape index (κ3) is 5.05. The molecule has 0 bridgehead atoms. The van der Waals surface area contributed by atoms with Crippen LogP contribution in [0.2, 0.25) is 0 Å². The molecule has 0 aliphatic rings. The summed E-state index contributed by atoms with van der Waals surface area (Å²) in [6.45, 7) is -0.327. The van der Waals surface area contributed by atoms with E-state index in [2.05, 4.69) is 15.5 Å². The van der Waals surface area contributed by atoms with E-state index in [1.807, 2.05) is 48.5 Å². The Kier molecular flexibility index (Phi) is 6.07. The number of alkyl halides is 3. The first-order valence-electron chi connectivity index (χ1n) is 9.82. The Morgan fingerprint density at radius 1 is 0.969 bits per heavy atom. The lowest BCUT2D eigenvalue weighted by Gasteiger charge is -2.12. The van der Waals surface area contributed by atoms with Gasteiger partial charge in [0.25, 0.3) is 5.91 Å². The summed E-state index contributed by atoms with van der Waals surface area (Å²) in [4.78, 5) is 12.3. The van der Waals surface area contributed by atoms with Crippen LogP contribution >= 0.6 is 0 Å². The average molecular weight is 440 g/mol. The van der Waals surface area contributed by atoms with Gasteiger partial charge in [0.1, 0.15) is 5.75 Å². The monoisotopic (exact) mass is 440 g/mol. The number of hydrogen-bond acceptors (Lipinski definition) is 4. The maximum Gasteiger partial charge on any atom is 0.417 e. The number of para-hydroxylation sites is 1. The highest BCUT2D eigenvalue weighted by molar-refractivity contribution is 5.77. The van der Waals surface area contributed by atoms with Gasteiger partial charge in [-0.25, -0.2) is 0 Å². The molecule has 0 saturated carbocycles. The molecule has 164 valence electrons. The van der Waals surface area contributed by atoms with Crippen LogP contribution in [0, 0.1) is 0 Å². The van der Waals surface area contributed by atoms with Gasteiger partial charge in [-0.15, -0.1) is 10.2 Å². The number of aromatic nitrogens is 3. The lowest BCUT2D eigenvalue weighted by molar-refractivity contribution is -0.137. The molecule has 4 rings (SSSR count). The topological polar surface area (TPSA) is 68.5 Å². The number of hydrogen-bond donors (Lipinski definition) is 1. The van der Waals surface area contributed by atoms with Crippen LogP contribution in [0.4, 0.5) is 13.2 Å². The largest absolute Gasteiger partial charge is 0.483 e. The van der Waals surface area contributed by atoms with E-state index in [0.29, 0.717) is 12.2 Å². The van der Waals surface area contributed by atoms with E-state index in [4.69, 9.17) is 4.74 Å². The van der Waals surface area contributed by atoms with Crippen LogP contribution < -0.4 is 10.1 Å². The molecule has 0 spiro atoms. The number of benzene rings is 2. The highest BCUT2D eigenvalue weighted by atomic mass is 19.4. The Hall–Kier alpha value is -3.88. The average Bonchev–Trinajstić information content (AvgIpc) is 3.19. The predicted octanol–water partition coefficient (Wildman–Crippen LogP) is 4.03. The van der Waals surface area contributed by atoms with Crippen molar-refractivity contribution in [2.45, 2.75) is 19.1 Å². The molecule has 1 amide bonds. The second-order valence-corrected chi connectivity index (χ2v) is 7.10. The first-order chi connectivity index (χ1) is 15.4. The molecular weight excluding hydrogens is 421 g/mol. The second kappa shape index (κ2) is 9.09. The highest BCUT2D eigenvalue weighted by Crippen LogP contribution is 2.29. The summed E-state index contributed by atoms with van der Waals surface area (Å²) in [6.07, 6.45) is -2.92. The van der Waals surface area contributed by atoms with Crippen molar-refractivity contribution in [2.75, 3.05) is 6.61 Å². The molecule has 0 aliphatic heterocycles. The fourth-order valence-corrected chi connectivity index (χ4v) is 3.20. The maximum atomic E-state index is 13.0. The molecule has 32 heavy (non-hydrogen) atoms. The smallest absolute Gasteiger partial charge is 0.417 e. The molecule has 2 aromatic heterocycles. The summed E-state index contributed by atoms with van der Waals surface area (Å²) < 4.78 is 45.8. The number of amides is 1. The van der Waals surface area contributed by atoms with Gasteiger partial charge in [0.15, 0.2) is 18.1 Å². The fraction of sp³-hybridized carbons (Fsp3) is 0.174. The van der Waals surface area contributed by atoms with Crippen LogP contribution in [0.1, 0.15) is 22.5 Å². The summed E-state index contributed by atoms with van der Waals surface area (Å²) in [6, 6.07) is 19.5. The van der Waals surface area contributed by atoms with E-state index in [-0.39, 0.29) is 24.6 Å². The standard InChI is InChI=1S/C23H19F3N4O2/c24-23(25,26)18-10-11-20-28-29-21(30(20)14-18)13-27-22(31)15-32-19-9-5-4-8-17(19)12-16-6-2-1-3-7-16/h1-11,14H,12-13,15H2,(H,27,31). The van der Waals surface area contributed by atoms with E-state index in [0.717, 1.165) is 23.4 Å². The van der Waals surface area contributed by atoms with Crippen LogP contribution in [0.5, 0.6) is 5.75 Å². The summed E-state index contributed by atoms with van der Waals surface area (Å²) >= 11 is 0. The van der Waals surface area contributed by atoms with Crippen LogP contribution in [-0.4, -0.2) is 27.1 Å². The van der Waals surface area contributed by atoms with E-state index in [1.165, 1.54) is 10.5 Å². The normalized spacial score (nSPS) is 11.5. The molecule has 1 N–H and O–H groups in total. The third-order valence-electron chi connectivity index (χ3n) is 4.81. The summed E-state index contributed by atoms with van der Waals surface area (Å²) in [5, 5.41) is 10.3. The number of carbonyl (C=O) groups is 1. The Bertz CT molecular complexity index is 1220. The minimum atomic E-state index is -4.49. The van der Waals surface area contributed by atoms with Crippen molar-refractivity contribution in [3.8, 4) is 5.75 Å². The number of pyridine rings is 1. The number of rotatable bonds is 7. The van der Waals surface area contributed by atoms with Gasteiger partial charge in [0.2, 0.25) is 0 Å². The second-order valence-electron chi connectivity index (χ2n) is 7.10. The van der Waals surface area contributed by atoms with Gasteiger partial charge < -0.3 is 10.1 Å². The van der Waals surface area contributed by atoms with Gasteiger partial charge in [-0.3, -0.25) is 9.20 Å². The zero-order chi connectivity index (χ0) is 22.6. The molecular formula is C23H19F3N4O2. The molecule has 2 heterocycles. The minimum Gasteiger partial charge on any atom is -0.483 e. The zero-order valence-electron chi connectivity index (χ0n) is 16.8. The van der Waals surface area contributed by atoms with Crippen molar-refractivity contribution < 1.29 is 22.7 Å². The summed E-state index contributed by atoms with van der Waals surface area (Å²) in [5.74, 6) is 0.349. The van der Waals surface area contributed by atoms with Crippen LogP contribution in [0.15, 0.2) is 72.9 Å². The third-order valence-corrected chi connectivity index (χ3v) is 4.81. The Morgan fingerprint density at radius 3 is 2.50 bits per heavy atom. The summed E-state index contributed by atoms with van der Waals surface area (Å²) in [7, 11) is 0. The molecule has 2 aromatic carbocycles. The van der Waals surface area contributed by atoms with Gasteiger partial charge in [0.05, 0.1) is 12.1 Å². The number of fused-ring (bicyclic) bond motifs is 1. The van der Waals surface area contributed by atoms with Gasteiger partial charge in [-0.05, 0) is 29.3 Å². The van der Waals surface area contributed by atoms with Gasteiger partial charge >= 0.3 is 6.18 Å². The molecule has 0 fully saturated rings. The van der Waals surface area contributed by atoms with Crippen molar-refractivity contribution in [2.24, 2.45) is 0 Å². The van der Waals surface area contributed by atoms with Crippen molar-refractivity contribution in [1.29, 1.82) is 0 Å². The van der Waals surface area contributed by atoms with Crippen molar-refractivity contribution in [3.63, 3.8) is 0 Å². The van der Waals surface area contributed by atoms with Crippen molar-refractivity contribution in [3.05, 3.63) is 95.4 Å². The molecule has 4 aromatic rings. The van der Waals surface area contributed by atoms with Gasteiger partial charge in [-0.2, -0.15) is 13.2 Å². The number of nitrogens with zero attached hydrogens (tertiary/aromatic N) is 3. The quantitative estimate of drug-likeness (QED) is 0.471. The number of halogens is 3. The molecule has 0 saturated heterocycles. The molecule has 0 atom stereocenters. The first-order valence-corrected chi connectivity index (χ1v) is 9.82. The SMILES string of the molecule is O=C(COc1ccccc1Cc1ccccc1)NCc1nnc2ccc(C(F)(F)F)cn12. The molecule has 0 radical (unpaired) electrons. The maximum absolute atomic E-state index is 13.0. The Morgan fingerprint density at radius 2 is 1.72 bits per heavy atom. The molecule has 0 unspecified atom stereocenters. The predicted molar refractivity (Wildman–Crippen MR) is 111 cm³/mol. The number of ether oxygens (including phenoxy) is 1. The molecule has 9 heteroatoms. The van der Waals surface area contributed by atoms with Crippen LogP contribution in [0.25, 0.3) is 5.65 Å². The summed E-state index contributed by atoms with van der Waals surface area (Å²) in [5.41, 5.74) is 1.49. The Labute approximate surface area is 181 Å². The van der Waals surface area contributed by atoms with Crippen LogP contribution in [0.3, 0.4) is 0 Å². The number of carbonyl (C=O) groups excluding carboxylic acids is 1. The first kappa shape index (κ1) is 21.4. The van der Waals surface area contributed by atoms with E-state index in [9.17, 15) is 18.0 Å². The minimum absolute atomic E-state index is 0.0870. The van der Waals surface area contributed by atoms with Gasteiger partial charge in [-0.1, -0.05) is 48.5 Å². The Balaban J connectivity index is 1.37. The lowest BCUT2D eigenvalue weighted by Crippen LogP contribution is -2.29. The molecule has 0 aliphatic carbocycles. The van der Waals surface area contributed by atoms with E-state index < -0.39 is 17.6 Å². The van der Waals surface area contributed by atoms with Crippen molar-refractivity contribution >= 4 is 11.6 Å². The zero-order valence-corrected chi connectivity index (χ0v) is 16.8.